The first-order valence-corrected chi connectivity index (χ1v) is 7.88. The second-order valence-corrected chi connectivity index (χ2v) is 6.40. The van der Waals surface area contributed by atoms with Crippen LogP contribution >= 0.6 is 11.8 Å². The van der Waals surface area contributed by atoms with Crippen molar-refractivity contribution in [3.8, 4) is 0 Å². The van der Waals surface area contributed by atoms with E-state index < -0.39 is 0 Å². The van der Waals surface area contributed by atoms with Crippen molar-refractivity contribution in [3.63, 3.8) is 0 Å². The Kier molecular flexibility index (Phi) is 4.88. The summed E-state index contributed by atoms with van der Waals surface area (Å²) in [5, 5.41) is 14.3. The van der Waals surface area contributed by atoms with E-state index in [1.807, 2.05) is 11.8 Å². The zero-order valence-electron chi connectivity index (χ0n) is 11.8. The highest BCUT2D eigenvalue weighted by atomic mass is 32.2. The lowest BCUT2D eigenvalue weighted by molar-refractivity contribution is -0.384. The van der Waals surface area contributed by atoms with Crippen LogP contribution in [0, 0.1) is 10.1 Å². The Bertz CT molecular complexity index is 484. The van der Waals surface area contributed by atoms with Crippen molar-refractivity contribution in [1.29, 1.82) is 0 Å². The molecule has 1 aliphatic carbocycles. The third kappa shape index (κ3) is 3.24. The Labute approximate surface area is 123 Å². The maximum atomic E-state index is 10.8. The average Bonchev–Trinajstić information content (AvgIpc) is 2.39. The van der Waals surface area contributed by atoms with Gasteiger partial charge in [0, 0.05) is 41.8 Å². The number of nitrogens with zero attached hydrogens (tertiary/aromatic N) is 1. The number of rotatable bonds is 7. The van der Waals surface area contributed by atoms with E-state index in [4.69, 9.17) is 4.74 Å². The highest BCUT2D eigenvalue weighted by molar-refractivity contribution is 8.00. The monoisotopic (exact) mass is 296 g/mol. The van der Waals surface area contributed by atoms with Gasteiger partial charge in [-0.2, -0.15) is 11.8 Å². The third-order valence-electron chi connectivity index (χ3n) is 3.90. The normalized spacial score (nSPS) is 16.5. The van der Waals surface area contributed by atoms with Crippen LogP contribution in [0.5, 0.6) is 0 Å². The molecule has 1 fully saturated rings. The van der Waals surface area contributed by atoms with Crippen LogP contribution in [0.4, 0.5) is 11.4 Å². The standard InChI is InChI=1S/C14H20N2O3S/c1-19-9-11-8-12(16(17)18)4-5-13(11)15-10-14(20-2)6-3-7-14/h4-5,8,15H,3,6-7,9-10H2,1-2H3. The predicted octanol–water partition coefficient (Wildman–Crippen LogP) is 3.44. The first-order chi connectivity index (χ1) is 9.60. The fraction of sp³-hybridized carbons (Fsp3) is 0.571. The maximum Gasteiger partial charge on any atom is 0.269 e. The number of nitro groups is 1. The lowest BCUT2D eigenvalue weighted by atomic mass is 9.84. The summed E-state index contributed by atoms with van der Waals surface area (Å²) >= 11 is 1.90. The number of hydrogen-bond donors (Lipinski definition) is 1. The molecule has 0 atom stereocenters. The van der Waals surface area contributed by atoms with Crippen LogP contribution in [-0.4, -0.2) is 29.6 Å². The van der Waals surface area contributed by atoms with E-state index in [2.05, 4.69) is 11.6 Å². The summed E-state index contributed by atoms with van der Waals surface area (Å²) in [6, 6.07) is 4.89. The van der Waals surface area contributed by atoms with Gasteiger partial charge in [-0.25, -0.2) is 0 Å². The van der Waals surface area contributed by atoms with E-state index in [0.29, 0.717) is 11.4 Å². The number of thioether (sulfide) groups is 1. The summed E-state index contributed by atoms with van der Waals surface area (Å²) in [6.07, 6.45) is 5.89. The largest absolute Gasteiger partial charge is 0.383 e. The van der Waals surface area contributed by atoms with Crippen molar-refractivity contribution in [2.45, 2.75) is 30.6 Å². The molecular formula is C14H20N2O3S. The number of nitro benzene ring substituents is 1. The first-order valence-electron chi connectivity index (χ1n) is 6.65. The Morgan fingerprint density at radius 1 is 1.50 bits per heavy atom. The van der Waals surface area contributed by atoms with Gasteiger partial charge in [0.25, 0.3) is 5.69 Å². The number of ether oxygens (including phenoxy) is 1. The third-order valence-corrected chi connectivity index (χ3v) is 5.32. The average molecular weight is 296 g/mol. The summed E-state index contributed by atoms with van der Waals surface area (Å²) in [6.45, 7) is 1.26. The smallest absolute Gasteiger partial charge is 0.269 e. The van der Waals surface area contributed by atoms with Gasteiger partial charge in [0.1, 0.15) is 0 Å². The van der Waals surface area contributed by atoms with E-state index in [1.54, 1.807) is 19.2 Å². The fourth-order valence-electron chi connectivity index (χ4n) is 2.42. The minimum Gasteiger partial charge on any atom is -0.383 e. The van der Waals surface area contributed by atoms with Gasteiger partial charge in [0.2, 0.25) is 0 Å². The van der Waals surface area contributed by atoms with E-state index in [1.165, 1.54) is 25.3 Å². The molecule has 20 heavy (non-hydrogen) atoms. The van der Waals surface area contributed by atoms with Crippen LogP contribution in [0.15, 0.2) is 18.2 Å². The fourth-order valence-corrected chi connectivity index (χ4v) is 3.33. The Morgan fingerprint density at radius 2 is 2.25 bits per heavy atom. The molecule has 0 bridgehead atoms. The van der Waals surface area contributed by atoms with E-state index in [9.17, 15) is 10.1 Å². The van der Waals surface area contributed by atoms with E-state index >= 15 is 0 Å². The highest BCUT2D eigenvalue weighted by Crippen LogP contribution is 2.43. The SMILES string of the molecule is COCc1cc([N+](=O)[O-])ccc1NCC1(SC)CCC1. The number of hydrogen-bond acceptors (Lipinski definition) is 5. The van der Waals surface area contributed by atoms with E-state index in [-0.39, 0.29) is 10.6 Å². The van der Waals surface area contributed by atoms with Gasteiger partial charge < -0.3 is 10.1 Å². The molecule has 1 aromatic carbocycles. The van der Waals surface area contributed by atoms with Crippen molar-refractivity contribution in [2.24, 2.45) is 0 Å². The van der Waals surface area contributed by atoms with Crippen LogP contribution in [-0.2, 0) is 11.3 Å². The molecule has 110 valence electrons. The molecule has 5 nitrogen and oxygen atoms in total. The van der Waals surface area contributed by atoms with Gasteiger partial charge in [-0.15, -0.1) is 0 Å². The van der Waals surface area contributed by atoms with Gasteiger partial charge in [-0.1, -0.05) is 6.42 Å². The van der Waals surface area contributed by atoms with Crippen molar-refractivity contribution in [3.05, 3.63) is 33.9 Å². The van der Waals surface area contributed by atoms with Crippen LogP contribution < -0.4 is 5.32 Å². The molecule has 0 spiro atoms. The van der Waals surface area contributed by atoms with Crippen LogP contribution in [0.2, 0.25) is 0 Å². The van der Waals surface area contributed by atoms with Crippen molar-refractivity contribution >= 4 is 23.1 Å². The molecule has 0 radical (unpaired) electrons. The number of methoxy groups -OCH3 is 1. The molecule has 1 N–H and O–H groups in total. The number of benzene rings is 1. The van der Waals surface area contributed by atoms with Gasteiger partial charge in [-0.3, -0.25) is 10.1 Å². The molecule has 1 saturated carbocycles. The minimum absolute atomic E-state index is 0.103. The minimum atomic E-state index is -0.377. The molecule has 1 aromatic rings. The van der Waals surface area contributed by atoms with Crippen molar-refractivity contribution < 1.29 is 9.66 Å². The topological polar surface area (TPSA) is 64.4 Å². The molecule has 0 amide bonds. The molecule has 0 aliphatic heterocycles. The molecular weight excluding hydrogens is 276 g/mol. The zero-order valence-corrected chi connectivity index (χ0v) is 12.7. The van der Waals surface area contributed by atoms with Gasteiger partial charge in [-0.05, 0) is 25.2 Å². The van der Waals surface area contributed by atoms with Crippen LogP contribution in [0.3, 0.4) is 0 Å². The number of non-ortho nitro benzene ring substituents is 1. The quantitative estimate of drug-likeness (QED) is 0.617. The van der Waals surface area contributed by atoms with Gasteiger partial charge in [0.05, 0.1) is 11.5 Å². The highest BCUT2D eigenvalue weighted by Gasteiger charge is 2.35. The Hall–Kier alpha value is -1.27. The lowest BCUT2D eigenvalue weighted by Gasteiger charge is -2.40. The van der Waals surface area contributed by atoms with Crippen molar-refractivity contribution in [1.82, 2.24) is 0 Å². The van der Waals surface area contributed by atoms with Crippen molar-refractivity contribution in [2.75, 3.05) is 25.2 Å². The van der Waals surface area contributed by atoms with Gasteiger partial charge >= 0.3 is 0 Å². The summed E-state index contributed by atoms with van der Waals surface area (Å²) in [5.41, 5.74) is 1.86. The molecule has 0 saturated heterocycles. The molecule has 0 heterocycles. The summed E-state index contributed by atoms with van der Waals surface area (Å²) in [4.78, 5) is 10.5. The summed E-state index contributed by atoms with van der Waals surface area (Å²) < 4.78 is 5.46. The molecule has 2 rings (SSSR count). The molecule has 6 heteroatoms. The second kappa shape index (κ2) is 6.45. The molecule has 0 aromatic heterocycles. The summed E-state index contributed by atoms with van der Waals surface area (Å²) in [5.74, 6) is 0. The zero-order chi connectivity index (χ0) is 14.6. The Balaban J connectivity index is 2.11. The number of nitrogens with one attached hydrogen (secondary N) is 1. The molecule has 1 aliphatic rings. The Morgan fingerprint density at radius 3 is 2.75 bits per heavy atom. The lowest BCUT2D eigenvalue weighted by Crippen LogP contribution is -2.40. The maximum absolute atomic E-state index is 10.8. The predicted molar refractivity (Wildman–Crippen MR) is 82.4 cm³/mol. The number of anilines is 1. The van der Waals surface area contributed by atoms with E-state index in [0.717, 1.165) is 17.8 Å². The molecule has 0 unspecified atom stereocenters. The first kappa shape index (κ1) is 15.1. The summed E-state index contributed by atoms with van der Waals surface area (Å²) in [7, 11) is 1.60. The van der Waals surface area contributed by atoms with Crippen LogP contribution in [0.25, 0.3) is 0 Å². The van der Waals surface area contributed by atoms with Crippen LogP contribution in [0.1, 0.15) is 24.8 Å². The second-order valence-electron chi connectivity index (χ2n) is 5.13. The van der Waals surface area contributed by atoms with Gasteiger partial charge in [0.15, 0.2) is 0 Å².